The van der Waals surface area contributed by atoms with Gasteiger partial charge in [0.15, 0.2) is 0 Å². The summed E-state index contributed by atoms with van der Waals surface area (Å²) in [5.41, 5.74) is 1.13. The van der Waals surface area contributed by atoms with Crippen molar-refractivity contribution in [1.82, 2.24) is 14.9 Å². The second kappa shape index (κ2) is 7.10. The summed E-state index contributed by atoms with van der Waals surface area (Å²) < 4.78 is 7.70. The summed E-state index contributed by atoms with van der Waals surface area (Å²) in [6, 6.07) is 8.17. The molecule has 20 heavy (non-hydrogen) atoms. The molecule has 0 fully saturated rings. The van der Waals surface area contributed by atoms with Crippen molar-refractivity contribution >= 4 is 0 Å². The van der Waals surface area contributed by atoms with Gasteiger partial charge in [-0.05, 0) is 19.0 Å². The Morgan fingerprint density at radius 1 is 1.30 bits per heavy atom. The molecule has 0 saturated carbocycles. The number of benzene rings is 1. The summed E-state index contributed by atoms with van der Waals surface area (Å²) in [5, 5.41) is 3.51. The average Bonchev–Trinajstić information content (AvgIpc) is 2.93. The first-order valence-corrected chi connectivity index (χ1v) is 7.19. The van der Waals surface area contributed by atoms with Crippen LogP contribution in [0, 0.1) is 0 Å². The average molecular weight is 273 g/mol. The van der Waals surface area contributed by atoms with Crippen LogP contribution in [-0.4, -0.2) is 23.2 Å². The number of methoxy groups -OCH3 is 1. The maximum atomic E-state index is 5.49. The first-order valence-electron chi connectivity index (χ1n) is 7.19. The Morgan fingerprint density at radius 3 is 2.80 bits per heavy atom. The number of imidazole rings is 1. The van der Waals surface area contributed by atoms with Crippen molar-refractivity contribution in [2.24, 2.45) is 0 Å². The Kier molecular flexibility index (Phi) is 5.18. The number of hydrogen-bond donors (Lipinski definition) is 1. The van der Waals surface area contributed by atoms with Gasteiger partial charge in [0, 0.05) is 24.5 Å². The molecule has 1 aromatic carbocycles. The third-order valence-electron chi connectivity index (χ3n) is 3.33. The van der Waals surface area contributed by atoms with E-state index in [2.05, 4.69) is 34.8 Å². The summed E-state index contributed by atoms with van der Waals surface area (Å²) in [4.78, 5) is 4.55. The van der Waals surface area contributed by atoms with E-state index in [1.165, 1.54) is 0 Å². The minimum atomic E-state index is 0.0534. The van der Waals surface area contributed by atoms with Gasteiger partial charge in [-0.2, -0.15) is 0 Å². The fraction of sp³-hybridized carbons (Fsp3) is 0.438. The summed E-state index contributed by atoms with van der Waals surface area (Å²) in [6.45, 7) is 6.14. The van der Waals surface area contributed by atoms with Gasteiger partial charge in [-0.1, -0.05) is 32.0 Å². The van der Waals surface area contributed by atoms with Gasteiger partial charge in [-0.3, -0.25) is 0 Å². The Bertz CT molecular complexity index is 536. The molecule has 1 atom stereocenters. The number of aryl methyl sites for hydroxylation is 1. The van der Waals surface area contributed by atoms with Gasteiger partial charge >= 0.3 is 0 Å². The molecule has 0 radical (unpaired) electrons. The zero-order valence-electron chi connectivity index (χ0n) is 12.5. The van der Waals surface area contributed by atoms with Crippen LogP contribution < -0.4 is 10.1 Å². The first kappa shape index (κ1) is 14.6. The molecule has 1 aromatic heterocycles. The molecule has 0 saturated heterocycles. The second-order valence-corrected chi connectivity index (χ2v) is 4.71. The SMILES string of the molecule is CCCn1ccnc1C(NCC)c1ccccc1OC. The molecule has 0 aliphatic rings. The van der Waals surface area contributed by atoms with Gasteiger partial charge in [0.25, 0.3) is 0 Å². The number of rotatable bonds is 7. The second-order valence-electron chi connectivity index (χ2n) is 4.71. The molecule has 2 rings (SSSR count). The molecular weight excluding hydrogens is 250 g/mol. The minimum Gasteiger partial charge on any atom is -0.496 e. The highest BCUT2D eigenvalue weighted by atomic mass is 16.5. The van der Waals surface area contributed by atoms with Gasteiger partial charge < -0.3 is 14.6 Å². The van der Waals surface area contributed by atoms with Crippen LogP contribution >= 0.6 is 0 Å². The van der Waals surface area contributed by atoms with Crippen LogP contribution in [0.25, 0.3) is 0 Å². The predicted molar refractivity (Wildman–Crippen MR) is 81.0 cm³/mol. The molecule has 0 bridgehead atoms. The van der Waals surface area contributed by atoms with Crippen LogP contribution in [0.15, 0.2) is 36.7 Å². The molecule has 2 aromatic rings. The van der Waals surface area contributed by atoms with E-state index >= 15 is 0 Å². The normalized spacial score (nSPS) is 12.3. The van der Waals surface area contributed by atoms with Crippen molar-refractivity contribution in [3.8, 4) is 5.75 Å². The van der Waals surface area contributed by atoms with E-state index < -0.39 is 0 Å². The van der Waals surface area contributed by atoms with Gasteiger partial charge in [-0.15, -0.1) is 0 Å². The summed E-state index contributed by atoms with van der Waals surface area (Å²) in [6.07, 6.45) is 5.00. The Labute approximate surface area is 120 Å². The van der Waals surface area contributed by atoms with Crippen LogP contribution in [0.4, 0.5) is 0 Å². The third kappa shape index (κ3) is 3.02. The fourth-order valence-corrected chi connectivity index (χ4v) is 2.46. The van der Waals surface area contributed by atoms with Crippen LogP contribution in [0.2, 0.25) is 0 Å². The van der Waals surface area contributed by atoms with Crippen molar-refractivity contribution in [2.75, 3.05) is 13.7 Å². The van der Waals surface area contributed by atoms with Crippen molar-refractivity contribution < 1.29 is 4.74 Å². The zero-order valence-corrected chi connectivity index (χ0v) is 12.5. The molecule has 1 heterocycles. The Hall–Kier alpha value is -1.81. The molecule has 0 spiro atoms. The highest BCUT2D eigenvalue weighted by Gasteiger charge is 2.21. The van der Waals surface area contributed by atoms with Gasteiger partial charge in [-0.25, -0.2) is 4.98 Å². The molecular formula is C16H23N3O. The monoisotopic (exact) mass is 273 g/mol. The van der Waals surface area contributed by atoms with Crippen molar-refractivity contribution in [2.45, 2.75) is 32.9 Å². The van der Waals surface area contributed by atoms with Gasteiger partial charge in [0.05, 0.1) is 13.2 Å². The van der Waals surface area contributed by atoms with Crippen LogP contribution in [0.1, 0.15) is 37.7 Å². The summed E-state index contributed by atoms with van der Waals surface area (Å²) >= 11 is 0. The molecule has 0 amide bonds. The predicted octanol–water partition coefficient (Wildman–Crippen LogP) is 3.00. The van der Waals surface area contributed by atoms with Crippen molar-refractivity contribution in [1.29, 1.82) is 0 Å². The number of ether oxygens (including phenoxy) is 1. The lowest BCUT2D eigenvalue weighted by Crippen LogP contribution is -2.25. The molecule has 108 valence electrons. The Balaban J connectivity index is 2.42. The highest BCUT2D eigenvalue weighted by Crippen LogP contribution is 2.29. The largest absolute Gasteiger partial charge is 0.496 e. The number of nitrogens with zero attached hydrogens (tertiary/aromatic N) is 2. The molecule has 4 nitrogen and oxygen atoms in total. The molecule has 4 heteroatoms. The van der Waals surface area contributed by atoms with E-state index in [9.17, 15) is 0 Å². The van der Waals surface area contributed by atoms with Crippen LogP contribution in [0.3, 0.4) is 0 Å². The lowest BCUT2D eigenvalue weighted by atomic mass is 10.0. The first-order chi connectivity index (χ1) is 9.81. The molecule has 1 N–H and O–H groups in total. The topological polar surface area (TPSA) is 39.1 Å². The van der Waals surface area contributed by atoms with Gasteiger partial charge in [0.2, 0.25) is 0 Å². The fourth-order valence-electron chi connectivity index (χ4n) is 2.46. The quantitative estimate of drug-likeness (QED) is 0.843. The lowest BCUT2D eigenvalue weighted by molar-refractivity contribution is 0.401. The van der Waals surface area contributed by atoms with Crippen LogP contribution in [-0.2, 0) is 6.54 Å². The number of aromatic nitrogens is 2. The maximum absolute atomic E-state index is 5.49. The zero-order chi connectivity index (χ0) is 14.4. The van der Waals surface area contributed by atoms with Gasteiger partial charge in [0.1, 0.15) is 11.6 Å². The van der Waals surface area contributed by atoms with Crippen LogP contribution in [0.5, 0.6) is 5.75 Å². The summed E-state index contributed by atoms with van der Waals surface area (Å²) in [7, 11) is 1.71. The number of hydrogen-bond acceptors (Lipinski definition) is 3. The number of nitrogens with one attached hydrogen (secondary N) is 1. The Morgan fingerprint density at radius 2 is 2.10 bits per heavy atom. The standard InChI is InChI=1S/C16H23N3O/c1-4-11-19-12-10-18-16(19)15(17-5-2)13-8-6-7-9-14(13)20-3/h6-10,12,15,17H,4-5,11H2,1-3H3. The van der Waals surface area contributed by atoms with E-state index in [-0.39, 0.29) is 6.04 Å². The highest BCUT2D eigenvalue weighted by molar-refractivity contribution is 5.39. The van der Waals surface area contributed by atoms with E-state index in [4.69, 9.17) is 4.74 Å². The molecule has 1 unspecified atom stereocenters. The van der Waals surface area contributed by atoms with E-state index in [1.54, 1.807) is 7.11 Å². The molecule has 0 aliphatic carbocycles. The lowest BCUT2D eigenvalue weighted by Gasteiger charge is -2.21. The van der Waals surface area contributed by atoms with Crippen molar-refractivity contribution in [3.05, 3.63) is 48.0 Å². The summed E-state index contributed by atoms with van der Waals surface area (Å²) in [5.74, 6) is 1.93. The molecule has 0 aliphatic heterocycles. The maximum Gasteiger partial charge on any atom is 0.130 e. The minimum absolute atomic E-state index is 0.0534. The van der Waals surface area contributed by atoms with Crippen molar-refractivity contribution in [3.63, 3.8) is 0 Å². The van der Waals surface area contributed by atoms with E-state index in [1.807, 2.05) is 30.6 Å². The van der Waals surface area contributed by atoms with E-state index in [0.717, 1.165) is 36.6 Å². The third-order valence-corrected chi connectivity index (χ3v) is 3.33. The smallest absolute Gasteiger partial charge is 0.130 e. The number of para-hydroxylation sites is 1. The van der Waals surface area contributed by atoms with E-state index in [0.29, 0.717) is 0 Å².